The molecule has 0 radical (unpaired) electrons. The van der Waals surface area contributed by atoms with E-state index in [0.29, 0.717) is 29.9 Å². The summed E-state index contributed by atoms with van der Waals surface area (Å²) in [4.78, 5) is 15.7. The second-order valence-corrected chi connectivity index (χ2v) is 7.79. The minimum absolute atomic E-state index is 0.181. The number of rotatable bonds is 4. The summed E-state index contributed by atoms with van der Waals surface area (Å²) in [5.74, 6) is 1.44. The Bertz CT molecular complexity index is 427. The molecule has 0 spiro atoms. The minimum atomic E-state index is -0.181. The fraction of sp³-hybridized carbons (Fsp3) is 0.944. The van der Waals surface area contributed by atoms with Gasteiger partial charge in [0.1, 0.15) is 5.54 Å². The third-order valence-corrected chi connectivity index (χ3v) is 6.86. The third-order valence-electron chi connectivity index (χ3n) is 6.86. The first-order valence-corrected chi connectivity index (χ1v) is 9.44. The number of fused-ring (bicyclic) bond motifs is 1. The van der Waals surface area contributed by atoms with Gasteiger partial charge in [-0.15, -0.1) is 0 Å². The van der Waals surface area contributed by atoms with Crippen molar-refractivity contribution in [2.75, 3.05) is 19.7 Å². The lowest BCUT2D eigenvalue weighted by atomic mass is 9.65. The number of likely N-dealkylation sites (tertiary alicyclic amines) is 1. The molecular formula is C18H30N2O2. The van der Waals surface area contributed by atoms with E-state index in [1.807, 2.05) is 0 Å². The molecule has 2 heterocycles. The minimum Gasteiger partial charge on any atom is -0.377 e. The number of ether oxygens (including phenoxy) is 1. The highest BCUT2D eigenvalue weighted by molar-refractivity contribution is 5.87. The predicted octanol–water partition coefficient (Wildman–Crippen LogP) is 2.32. The zero-order valence-electron chi connectivity index (χ0n) is 13.9. The van der Waals surface area contributed by atoms with Crippen molar-refractivity contribution in [1.82, 2.24) is 10.2 Å². The molecule has 22 heavy (non-hydrogen) atoms. The van der Waals surface area contributed by atoms with Gasteiger partial charge in [-0.25, -0.2) is 0 Å². The van der Waals surface area contributed by atoms with Gasteiger partial charge in [0.15, 0.2) is 0 Å². The molecule has 124 valence electrons. The van der Waals surface area contributed by atoms with Crippen molar-refractivity contribution in [2.45, 2.75) is 76.0 Å². The number of nitrogens with zero attached hydrogens (tertiary/aromatic N) is 1. The van der Waals surface area contributed by atoms with E-state index in [9.17, 15) is 4.79 Å². The fourth-order valence-electron chi connectivity index (χ4n) is 5.61. The summed E-state index contributed by atoms with van der Waals surface area (Å²) in [6.07, 6.45) is 9.72. The van der Waals surface area contributed by atoms with Crippen LogP contribution in [0.5, 0.6) is 0 Å². The number of nitrogens with one attached hydrogen (secondary N) is 1. The van der Waals surface area contributed by atoms with Gasteiger partial charge < -0.3 is 10.1 Å². The molecule has 4 rings (SSSR count). The van der Waals surface area contributed by atoms with Gasteiger partial charge in [0, 0.05) is 24.5 Å². The van der Waals surface area contributed by atoms with Crippen LogP contribution in [0.1, 0.15) is 58.3 Å². The van der Waals surface area contributed by atoms with E-state index in [-0.39, 0.29) is 5.54 Å². The van der Waals surface area contributed by atoms with Crippen LogP contribution in [-0.4, -0.2) is 48.2 Å². The van der Waals surface area contributed by atoms with Crippen molar-refractivity contribution in [3.05, 3.63) is 0 Å². The van der Waals surface area contributed by atoms with E-state index in [1.165, 1.54) is 25.7 Å². The van der Waals surface area contributed by atoms with Gasteiger partial charge in [-0.2, -0.15) is 0 Å². The van der Waals surface area contributed by atoms with Crippen LogP contribution >= 0.6 is 0 Å². The number of hydrogen-bond acceptors (Lipinski definition) is 3. The average molecular weight is 306 g/mol. The molecule has 4 aliphatic rings. The lowest BCUT2D eigenvalue weighted by molar-refractivity contribution is -0.139. The Morgan fingerprint density at radius 2 is 1.95 bits per heavy atom. The number of amides is 1. The zero-order chi connectivity index (χ0) is 15.2. The van der Waals surface area contributed by atoms with Crippen molar-refractivity contribution in [1.29, 1.82) is 0 Å². The van der Waals surface area contributed by atoms with Crippen LogP contribution < -0.4 is 5.32 Å². The first-order valence-electron chi connectivity index (χ1n) is 9.44. The van der Waals surface area contributed by atoms with Crippen LogP contribution in [0.25, 0.3) is 0 Å². The fourth-order valence-corrected chi connectivity index (χ4v) is 5.61. The SMILES string of the molecule is CC[C@@H]1[C@H](NC(=O)C2(N3CCCC3)CCCC2)[C@@H]2CCO[C@H]12. The third kappa shape index (κ3) is 2.14. The van der Waals surface area contributed by atoms with E-state index in [1.54, 1.807) is 0 Å². The molecule has 4 nitrogen and oxygen atoms in total. The normalized spacial score (nSPS) is 40.4. The van der Waals surface area contributed by atoms with Gasteiger partial charge >= 0.3 is 0 Å². The summed E-state index contributed by atoms with van der Waals surface area (Å²) >= 11 is 0. The summed E-state index contributed by atoms with van der Waals surface area (Å²) < 4.78 is 5.86. The molecule has 1 N–H and O–H groups in total. The number of carbonyl (C=O) groups is 1. The first kappa shape index (κ1) is 14.9. The highest BCUT2D eigenvalue weighted by atomic mass is 16.5. The van der Waals surface area contributed by atoms with Crippen molar-refractivity contribution in [3.8, 4) is 0 Å². The lowest BCUT2D eigenvalue weighted by Crippen LogP contribution is -2.66. The molecule has 2 aliphatic carbocycles. The van der Waals surface area contributed by atoms with Gasteiger partial charge in [-0.3, -0.25) is 9.69 Å². The number of hydrogen-bond donors (Lipinski definition) is 1. The standard InChI is InChI=1S/C18H30N2O2/c1-2-13-15(14-7-12-22-16(13)14)19-17(21)18(8-3-4-9-18)20-10-5-6-11-20/h13-16H,2-12H2,1H3,(H,19,21)/t13-,14+,15+,16-/m1/s1. The Labute approximate surface area is 134 Å². The molecule has 2 saturated heterocycles. The molecule has 0 unspecified atom stereocenters. The van der Waals surface area contributed by atoms with E-state index >= 15 is 0 Å². The maximum Gasteiger partial charge on any atom is 0.240 e. The average Bonchev–Trinajstić information content (AvgIpc) is 3.25. The Kier molecular flexibility index (Phi) is 3.93. The lowest BCUT2D eigenvalue weighted by Gasteiger charge is -2.49. The van der Waals surface area contributed by atoms with Gasteiger partial charge in [-0.1, -0.05) is 19.8 Å². The second kappa shape index (κ2) is 5.79. The molecular weight excluding hydrogens is 276 g/mol. The Hall–Kier alpha value is -0.610. The molecule has 4 fully saturated rings. The summed E-state index contributed by atoms with van der Waals surface area (Å²) in [6, 6.07) is 0.366. The Balaban J connectivity index is 1.48. The molecule has 0 aromatic rings. The maximum absolute atomic E-state index is 13.2. The molecule has 0 aromatic heterocycles. The van der Waals surface area contributed by atoms with Gasteiger partial charge in [0.05, 0.1) is 6.10 Å². The maximum atomic E-state index is 13.2. The molecule has 4 heteroatoms. The van der Waals surface area contributed by atoms with E-state index < -0.39 is 0 Å². The van der Waals surface area contributed by atoms with Gasteiger partial charge in [0.25, 0.3) is 0 Å². The number of carbonyl (C=O) groups excluding carboxylic acids is 1. The summed E-state index contributed by atoms with van der Waals surface area (Å²) in [5.41, 5.74) is -0.181. The van der Waals surface area contributed by atoms with Crippen LogP contribution in [0.15, 0.2) is 0 Å². The largest absolute Gasteiger partial charge is 0.377 e. The van der Waals surface area contributed by atoms with Crippen LogP contribution in [0.2, 0.25) is 0 Å². The highest BCUT2D eigenvalue weighted by Crippen LogP contribution is 2.46. The van der Waals surface area contributed by atoms with Crippen LogP contribution in [0.4, 0.5) is 0 Å². The quantitative estimate of drug-likeness (QED) is 0.867. The summed E-state index contributed by atoms with van der Waals surface area (Å²) in [6.45, 7) is 5.35. The van der Waals surface area contributed by atoms with Crippen molar-refractivity contribution >= 4 is 5.91 Å². The van der Waals surface area contributed by atoms with Gasteiger partial charge in [-0.05, 0) is 51.6 Å². The van der Waals surface area contributed by atoms with Crippen molar-refractivity contribution < 1.29 is 9.53 Å². The molecule has 4 atom stereocenters. The topological polar surface area (TPSA) is 41.6 Å². The molecule has 0 aromatic carbocycles. The van der Waals surface area contributed by atoms with Crippen molar-refractivity contribution in [2.24, 2.45) is 11.8 Å². The Morgan fingerprint density at radius 1 is 1.23 bits per heavy atom. The molecule has 2 aliphatic heterocycles. The first-order chi connectivity index (χ1) is 10.8. The Morgan fingerprint density at radius 3 is 2.64 bits per heavy atom. The molecule has 0 bridgehead atoms. The highest BCUT2D eigenvalue weighted by Gasteiger charge is 2.55. The monoisotopic (exact) mass is 306 g/mol. The predicted molar refractivity (Wildman–Crippen MR) is 85.6 cm³/mol. The van der Waals surface area contributed by atoms with Crippen LogP contribution in [0, 0.1) is 11.8 Å². The second-order valence-electron chi connectivity index (χ2n) is 7.79. The molecule has 2 saturated carbocycles. The summed E-state index contributed by atoms with van der Waals surface area (Å²) in [7, 11) is 0. The molecule has 1 amide bonds. The van der Waals surface area contributed by atoms with Crippen LogP contribution in [0.3, 0.4) is 0 Å². The smallest absolute Gasteiger partial charge is 0.240 e. The van der Waals surface area contributed by atoms with Crippen LogP contribution in [-0.2, 0) is 9.53 Å². The summed E-state index contributed by atoms with van der Waals surface area (Å²) in [5, 5.41) is 3.49. The van der Waals surface area contributed by atoms with Gasteiger partial charge in [0.2, 0.25) is 5.91 Å². The van der Waals surface area contributed by atoms with Crippen molar-refractivity contribution in [3.63, 3.8) is 0 Å². The van der Waals surface area contributed by atoms with E-state index in [0.717, 1.165) is 45.4 Å². The van der Waals surface area contributed by atoms with E-state index in [4.69, 9.17) is 4.74 Å². The zero-order valence-corrected chi connectivity index (χ0v) is 13.9. The van der Waals surface area contributed by atoms with E-state index in [2.05, 4.69) is 17.1 Å².